The number of halogens is 3. The van der Waals surface area contributed by atoms with Crippen LogP contribution >= 0.6 is 34.8 Å². The zero-order valence-corrected chi connectivity index (χ0v) is 27.6. The Balaban J connectivity index is 1.46. The van der Waals surface area contributed by atoms with Gasteiger partial charge in [-0.2, -0.15) is 0 Å². The number of nitrogens with one attached hydrogen (secondary N) is 1. The van der Waals surface area contributed by atoms with Crippen LogP contribution in [-0.2, 0) is 14.8 Å². The van der Waals surface area contributed by atoms with Gasteiger partial charge in [-0.3, -0.25) is 19.6 Å². The molecule has 3 amide bonds. The molecule has 2 atom stereocenters. The second-order valence-electron chi connectivity index (χ2n) is 11.2. The first kappa shape index (κ1) is 31.3. The van der Waals surface area contributed by atoms with E-state index in [2.05, 4.69) is 5.32 Å². The molecule has 0 saturated heterocycles. The van der Waals surface area contributed by atoms with Crippen molar-refractivity contribution in [3.63, 3.8) is 0 Å². The first-order chi connectivity index (χ1) is 22.6. The van der Waals surface area contributed by atoms with Crippen molar-refractivity contribution in [2.24, 2.45) is 4.99 Å². The summed E-state index contributed by atoms with van der Waals surface area (Å²) in [6, 6.07) is 18.5. The summed E-state index contributed by atoms with van der Waals surface area (Å²) in [5.74, 6) is -0.0918. The molecule has 0 spiro atoms. The van der Waals surface area contributed by atoms with Crippen molar-refractivity contribution in [2.75, 3.05) is 6.54 Å². The molecule has 1 aromatic heterocycles. The zero-order valence-electron chi connectivity index (χ0n) is 24.6. The number of benzene rings is 3. The van der Waals surface area contributed by atoms with Crippen LogP contribution in [0.1, 0.15) is 30.0 Å². The van der Waals surface area contributed by atoms with Crippen LogP contribution in [0.3, 0.4) is 0 Å². The molecule has 47 heavy (non-hydrogen) atoms. The Morgan fingerprint density at radius 1 is 0.915 bits per heavy atom. The summed E-state index contributed by atoms with van der Waals surface area (Å²) in [7, 11) is -4.09. The lowest BCUT2D eigenvalue weighted by molar-refractivity contribution is -0.120. The molecular formula is C34H26Cl3N5O4S. The lowest BCUT2D eigenvalue weighted by atomic mass is 9.89. The Hall–Kier alpha value is -4.35. The molecule has 3 heterocycles. The van der Waals surface area contributed by atoms with E-state index >= 15 is 0 Å². The number of amidine groups is 1. The van der Waals surface area contributed by atoms with E-state index in [4.69, 9.17) is 39.8 Å². The van der Waals surface area contributed by atoms with Crippen LogP contribution in [0.5, 0.6) is 0 Å². The maximum atomic E-state index is 14.6. The van der Waals surface area contributed by atoms with E-state index in [1.165, 1.54) is 51.7 Å². The molecule has 2 unspecified atom stereocenters. The number of allylic oxidation sites excluding steroid dienone is 3. The summed E-state index contributed by atoms with van der Waals surface area (Å²) in [5.41, 5.74) is 2.49. The highest BCUT2D eigenvalue weighted by molar-refractivity contribution is 7.90. The Bertz CT molecular complexity index is 2170. The van der Waals surface area contributed by atoms with Gasteiger partial charge in [0.25, 0.3) is 10.0 Å². The van der Waals surface area contributed by atoms with Crippen LogP contribution in [0.4, 0.5) is 4.79 Å². The smallest absolute Gasteiger partial charge is 0.330 e. The Morgan fingerprint density at radius 3 is 2.43 bits per heavy atom. The number of hydrogen-bond acceptors (Lipinski definition) is 5. The fourth-order valence-electron chi connectivity index (χ4n) is 6.13. The van der Waals surface area contributed by atoms with Gasteiger partial charge >= 0.3 is 6.03 Å². The number of fused-ring (bicyclic) bond motifs is 1. The van der Waals surface area contributed by atoms with Crippen molar-refractivity contribution in [1.82, 2.24) is 19.1 Å². The molecule has 13 heteroatoms. The maximum Gasteiger partial charge on any atom is 0.330 e. The van der Waals surface area contributed by atoms with Crippen LogP contribution in [0.15, 0.2) is 124 Å². The third-order valence-corrected chi connectivity index (χ3v) is 10.8. The van der Waals surface area contributed by atoms with Crippen molar-refractivity contribution in [2.45, 2.75) is 29.8 Å². The molecule has 0 radical (unpaired) electrons. The maximum absolute atomic E-state index is 14.6. The van der Waals surface area contributed by atoms with Crippen LogP contribution < -0.4 is 5.32 Å². The predicted molar refractivity (Wildman–Crippen MR) is 183 cm³/mol. The second kappa shape index (κ2) is 12.4. The molecule has 0 fully saturated rings. The molecule has 1 N–H and O–H groups in total. The number of para-hydroxylation sites is 1. The number of carbonyl (C=O) groups is 2. The molecule has 9 nitrogen and oxygen atoms in total. The summed E-state index contributed by atoms with van der Waals surface area (Å²) in [6.07, 6.45) is 9.27. The Morgan fingerprint density at radius 2 is 1.70 bits per heavy atom. The number of urea groups is 1. The highest BCUT2D eigenvalue weighted by atomic mass is 35.5. The van der Waals surface area contributed by atoms with Crippen molar-refractivity contribution >= 4 is 73.5 Å². The normalized spacial score (nSPS) is 19.8. The molecule has 7 rings (SSSR count). The molecule has 0 bridgehead atoms. The molecule has 4 aromatic rings. The fourth-order valence-corrected chi connectivity index (χ4v) is 7.98. The topological polar surface area (TPSA) is 104 Å². The molecule has 1 aliphatic carbocycles. The highest BCUT2D eigenvalue weighted by Crippen LogP contribution is 2.43. The van der Waals surface area contributed by atoms with Gasteiger partial charge in [0.15, 0.2) is 0 Å². The molecular weight excluding hydrogens is 681 g/mol. The van der Waals surface area contributed by atoms with E-state index in [1.807, 2.05) is 30.4 Å². The van der Waals surface area contributed by atoms with E-state index in [1.54, 1.807) is 35.2 Å². The first-order valence-electron chi connectivity index (χ1n) is 14.7. The largest absolute Gasteiger partial charge is 0.330 e. The van der Waals surface area contributed by atoms with E-state index < -0.39 is 28.1 Å². The SMILES string of the molecule is O=C1CN(C(=O)N2C(c3cn(S(=O)(=O)c4ccc(Cl)cc4)c4ccccc34)=NC(c3cccc(Cl)c3)C2C2=CC=C(Cl)CC2)C=CN1. The summed E-state index contributed by atoms with van der Waals surface area (Å²) < 4.78 is 29.3. The van der Waals surface area contributed by atoms with Gasteiger partial charge in [-0.25, -0.2) is 17.2 Å². The quantitative estimate of drug-likeness (QED) is 0.237. The van der Waals surface area contributed by atoms with Gasteiger partial charge in [0.2, 0.25) is 5.91 Å². The minimum absolute atomic E-state index is 0.0469. The summed E-state index contributed by atoms with van der Waals surface area (Å²) in [4.78, 5) is 35.1. The number of hydrogen-bond donors (Lipinski definition) is 1. The molecule has 3 aromatic carbocycles. The minimum Gasteiger partial charge on any atom is -0.330 e. The standard InChI is InChI=1S/C34H26Cl3N5O4S/c35-23-10-8-21(9-11-23)32-31(22-4-3-5-25(37)18-22)39-33(42(32)34(44)40-17-16-38-30(43)20-40)28-19-41(29-7-2-1-6-27(28)29)47(45,46)26-14-12-24(36)13-15-26/h1-8,10,12-19,31-32H,9,11,20H2,(H,38,43). The third kappa shape index (κ3) is 5.76. The molecule has 0 saturated carbocycles. The average molecular weight is 707 g/mol. The van der Waals surface area contributed by atoms with E-state index in [0.29, 0.717) is 44.4 Å². The number of aromatic nitrogens is 1. The van der Waals surface area contributed by atoms with Crippen molar-refractivity contribution in [3.8, 4) is 0 Å². The molecule has 238 valence electrons. The number of carbonyl (C=O) groups excluding carboxylic acids is 2. The summed E-state index contributed by atoms with van der Waals surface area (Å²) >= 11 is 18.9. The van der Waals surface area contributed by atoms with Gasteiger partial charge in [0.05, 0.1) is 16.5 Å². The van der Waals surface area contributed by atoms with Crippen LogP contribution in [-0.4, -0.2) is 52.6 Å². The number of amides is 3. The van der Waals surface area contributed by atoms with Gasteiger partial charge in [-0.1, -0.05) is 71.2 Å². The minimum atomic E-state index is -4.09. The van der Waals surface area contributed by atoms with E-state index in [9.17, 15) is 18.0 Å². The van der Waals surface area contributed by atoms with Crippen LogP contribution in [0.25, 0.3) is 10.9 Å². The highest BCUT2D eigenvalue weighted by Gasteiger charge is 2.46. The fraction of sp³-hybridized carbons (Fsp3) is 0.147. The monoisotopic (exact) mass is 705 g/mol. The van der Waals surface area contributed by atoms with Gasteiger partial charge in [-0.05, 0) is 72.5 Å². The summed E-state index contributed by atoms with van der Waals surface area (Å²) in [6.45, 7) is -0.203. The zero-order chi connectivity index (χ0) is 32.9. The van der Waals surface area contributed by atoms with E-state index in [-0.39, 0.29) is 23.2 Å². The van der Waals surface area contributed by atoms with Crippen molar-refractivity contribution < 1.29 is 18.0 Å². The lowest BCUT2D eigenvalue weighted by Crippen LogP contribution is -2.52. The third-order valence-electron chi connectivity index (χ3n) is 8.32. The number of rotatable bonds is 5. The number of aliphatic imine (C=N–C) groups is 1. The van der Waals surface area contributed by atoms with Gasteiger partial charge in [-0.15, -0.1) is 0 Å². The lowest BCUT2D eigenvalue weighted by Gasteiger charge is -2.35. The van der Waals surface area contributed by atoms with Gasteiger partial charge < -0.3 is 5.32 Å². The van der Waals surface area contributed by atoms with Crippen LogP contribution in [0, 0.1) is 0 Å². The van der Waals surface area contributed by atoms with Crippen molar-refractivity contribution in [3.05, 3.63) is 135 Å². The Labute approximate surface area is 286 Å². The predicted octanol–water partition coefficient (Wildman–Crippen LogP) is 7.22. The van der Waals surface area contributed by atoms with Gasteiger partial charge in [0.1, 0.15) is 18.4 Å². The molecule has 3 aliphatic rings. The molecule has 2 aliphatic heterocycles. The van der Waals surface area contributed by atoms with Crippen molar-refractivity contribution in [1.29, 1.82) is 0 Å². The van der Waals surface area contributed by atoms with Crippen LogP contribution in [0.2, 0.25) is 10.0 Å². The van der Waals surface area contributed by atoms with E-state index in [0.717, 1.165) is 11.1 Å². The number of nitrogens with zero attached hydrogens (tertiary/aromatic N) is 4. The first-order valence-corrected chi connectivity index (χ1v) is 17.2. The van der Waals surface area contributed by atoms with Gasteiger partial charge in [0, 0.05) is 44.6 Å². The summed E-state index contributed by atoms with van der Waals surface area (Å²) in [5, 5.41) is 4.76. The Kier molecular flexibility index (Phi) is 8.21. The average Bonchev–Trinajstić information content (AvgIpc) is 3.65. The second-order valence-corrected chi connectivity index (χ2v) is 14.4.